The Bertz CT molecular complexity index is 537. The van der Waals surface area contributed by atoms with Crippen LogP contribution in [0.25, 0.3) is 0 Å². The lowest BCUT2D eigenvalue weighted by molar-refractivity contribution is -0.122. The molecule has 114 valence electrons. The molecule has 1 fully saturated rings. The second-order valence-electron chi connectivity index (χ2n) is 6.00. The van der Waals surface area contributed by atoms with Gasteiger partial charge in [0.05, 0.1) is 6.04 Å². The van der Waals surface area contributed by atoms with Crippen LogP contribution in [0.15, 0.2) is 23.1 Å². The van der Waals surface area contributed by atoms with Gasteiger partial charge in [0.2, 0.25) is 5.91 Å². The molecule has 21 heavy (non-hydrogen) atoms. The number of benzene rings is 1. The van der Waals surface area contributed by atoms with Crippen LogP contribution in [0.2, 0.25) is 0 Å². The van der Waals surface area contributed by atoms with Gasteiger partial charge in [-0.15, -0.1) is 11.8 Å². The van der Waals surface area contributed by atoms with E-state index in [0.29, 0.717) is 12.3 Å². The summed E-state index contributed by atoms with van der Waals surface area (Å²) in [4.78, 5) is 13.3. The van der Waals surface area contributed by atoms with Gasteiger partial charge >= 0.3 is 0 Å². The summed E-state index contributed by atoms with van der Waals surface area (Å²) < 4.78 is 13.4. The summed E-state index contributed by atoms with van der Waals surface area (Å²) in [5.74, 6) is 1.06. The Hall–Kier alpha value is -1.07. The van der Waals surface area contributed by atoms with E-state index in [1.54, 1.807) is 23.9 Å². The molecule has 1 heterocycles. The van der Waals surface area contributed by atoms with Crippen molar-refractivity contribution in [1.82, 2.24) is 5.32 Å². The third kappa shape index (κ3) is 3.40. The predicted octanol–water partition coefficient (Wildman–Crippen LogP) is 3.00. The molecule has 1 aromatic rings. The number of amides is 1. The Balaban J connectivity index is 1.66. The van der Waals surface area contributed by atoms with E-state index in [9.17, 15) is 9.18 Å². The zero-order valence-corrected chi connectivity index (χ0v) is 12.8. The fourth-order valence-electron chi connectivity index (χ4n) is 3.33. The number of carbonyl (C=O) groups excluding carboxylic acids is 1. The Morgan fingerprint density at radius 2 is 2.24 bits per heavy atom. The number of fused-ring (bicyclic) bond motifs is 1. The topological polar surface area (TPSA) is 55.1 Å². The molecule has 3 atom stereocenters. The van der Waals surface area contributed by atoms with Crippen molar-refractivity contribution in [3.63, 3.8) is 0 Å². The lowest BCUT2D eigenvalue weighted by atomic mass is 9.98. The number of nitrogens with two attached hydrogens (primary N) is 1. The summed E-state index contributed by atoms with van der Waals surface area (Å²) in [6.07, 6.45) is 4.53. The average molecular weight is 308 g/mol. The highest BCUT2D eigenvalue weighted by Gasteiger charge is 2.28. The van der Waals surface area contributed by atoms with Crippen molar-refractivity contribution in [2.45, 2.75) is 49.1 Å². The maximum atomic E-state index is 13.4. The Morgan fingerprint density at radius 1 is 1.38 bits per heavy atom. The highest BCUT2D eigenvalue weighted by atomic mass is 32.2. The molecule has 1 aromatic carbocycles. The normalized spacial score (nSPS) is 28.2. The molecule has 5 heteroatoms. The Morgan fingerprint density at radius 3 is 3.00 bits per heavy atom. The van der Waals surface area contributed by atoms with Crippen molar-refractivity contribution in [1.29, 1.82) is 0 Å². The van der Waals surface area contributed by atoms with Crippen LogP contribution >= 0.6 is 11.8 Å². The van der Waals surface area contributed by atoms with Crippen molar-refractivity contribution in [3.8, 4) is 0 Å². The van der Waals surface area contributed by atoms with Gasteiger partial charge in [-0.05, 0) is 48.9 Å². The molecule has 1 aliphatic carbocycles. The standard InChI is InChI=1S/C16H21FN2OS/c17-11-4-5-15-12(9-11)14(6-7-21-15)19-16(20)8-10-2-1-3-13(10)18/h4-5,9-10,13-14H,1-3,6-8,18H2,(H,19,20)/t10-,13+,14?/m0/s1. The first-order chi connectivity index (χ1) is 10.1. The molecule has 0 bridgehead atoms. The molecule has 2 aliphatic rings. The molecule has 1 saturated carbocycles. The first-order valence-electron chi connectivity index (χ1n) is 7.60. The van der Waals surface area contributed by atoms with E-state index < -0.39 is 0 Å². The predicted molar refractivity (Wildman–Crippen MR) is 82.6 cm³/mol. The van der Waals surface area contributed by atoms with Crippen LogP contribution in [-0.2, 0) is 4.79 Å². The smallest absolute Gasteiger partial charge is 0.220 e. The van der Waals surface area contributed by atoms with Crippen molar-refractivity contribution in [3.05, 3.63) is 29.6 Å². The van der Waals surface area contributed by atoms with Gasteiger partial charge in [-0.3, -0.25) is 4.79 Å². The number of hydrogen-bond acceptors (Lipinski definition) is 3. The van der Waals surface area contributed by atoms with Gasteiger partial charge in [-0.1, -0.05) is 6.42 Å². The lowest BCUT2D eigenvalue weighted by Gasteiger charge is -2.26. The van der Waals surface area contributed by atoms with E-state index in [2.05, 4.69) is 5.32 Å². The minimum atomic E-state index is -0.242. The zero-order chi connectivity index (χ0) is 14.8. The Kier molecular flexibility index (Phi) is 4.50. The van der Waals surface area contributed by atoms with E-state index in [1.165, 1.54) is 6.07 Å². The second kappa shape index (κ2) is 6.36. The van der Waals surface area contributed by atoms with Crippen LogP contribution in [0.4, 0.5) is 4.39 Å². The fraction of sp³-hybridized carbons (Fsp3) is 0.562. The molecule has 0 aromatic heterocycles. The summed E-state index contributed by atoms with van der Waals surface area (Å²) in [6, 6.07) is 4.92. The summed E-state index contributed by atoms with van der Waals surface area (Å²) in [5.41, 5.74) is 6.94. The van der Waals surface area contributed by atoms with E-state index in [1.807, 2.05) is 0 Å². The third-order valence-corrected chi connectivity index (χ3v) is 5.63. The molecule has 0 saturated heterocycles. The van der Waals surface area contributed by atoms with E-state index in [-0.39, 0.29) is 23.8 Å². The van der Waals surface area contributed by atoms with Crippen molar-refractivity contribution < 1.29 is 9.18 Å². The SMILES string of the molecule is N[C@@H]1CCC[C@H]1CC(=O)NC1CCSc2ccc(F)cc21. The van der Waals surface area contributed by atoms with Crippen molar-refractivity contribution in [2.24, 2.45) is 11.7 Å². The monoisotopic (exact) mass is 308 g/mol. The van der Waals surface area contributed by atoms with Crippen molar-refractivity contribution >= 4 is 17.7 Å². The maximum Gasteiger partial charge on any atom is 0.220 e. The van der Waals surface area contributed by atoms with Gasteiger partial charge in [-0.2, -0.15) is 0 Å². The fourth-order valence-corrected chi connectivity index (χ4v) is 4.43. The van der Waals surface area contributed by atoms with Gasteiger partial charge in [0.15, 0.2) is 0 Å². The average Bonchev–Trinajstić information content (AvgIpc) is 2.85. The zero-order valence-electron chi connectivity index (χ0n) is 12.0. The summed E-state index contributed by atoms with van der Waals surface area (Å²) in [5, 5.41) is 3.08. The van der Waals surface area contributed by atoms with Gasteiger partial charge in [0, 0.05) is 23.1 Å². The van der Waals surface area contributed by atoms with E-state index in [4.69, 9.17) is 5.73 Å². The molecule has 3 nitrogen and oxygen atoms in total. The largest absolute Gasteiger partial charge is 0.349 e. The summed E-state index contributed by atoms with van der Waals surface area (Å²) in [6.45, 7) is 0. The van der Waals surface area contributed by atoms with Crippen LogP contribution in [-0.4, -0.2) is 17.7 Å². The van der Waals surface area contributed by atoms with E-state index >= 15 is 0 Å². The van der Waals surface area contributed by atoms with Gasteiger partial charge in [0.25, 0.3) is 0 Å². The van der Waals surface area contributed by atoms with Gasteiger partial charge in [-0.25, -0.2) is 4.39 Å². The minimum absolute atomic E-state index is 0.0458. The molecule has 3 N–H and O–H groups in total. The Labute approximate surface area is 128 Å². The number of nitrogens with one attached hydrogen (secondary N) is 1. The number of thioether (sulfide) groups is 1. The molecule has 0 radical (unpaired) electrons. The van der Waals surface area contributed by atoms with Crippen LogP contribution in [0.3, 0.4) is 0 Å². The molecular weight excluding hydrogens is 287 g/mol. The summed E-state index contributed by atoms with van der Waals surface area (Å²) in [7, 11) is 0. The van der Waals surface area contributed by atoms with Crippen LogP contribution in [0, 0.1) is 11.7 Å². The highest BCUT2D eigenvalue weighted by Crippen LogP contribution is 2.36. The maximum absolute atomic E-state index is 13.4. The second-order valence-corrected chi connectivity index (χ2v) is 7.14. The summed E-state index contributed by atoms with van der Waals surface area (Å²) >= 11 is 1.72. The van der Waals surface area contributed by atoms with Gasteiger partial charge < -0.3 is 11.1 Å². The molecule has 1 amide bonds. The number of rotatable bonds is 3. The molecule has 3 rings (SSSR count). The highest BCUT2D eigenvalue weighted by molar-refractivity contribution is 7.99. The van der Waals surface area contributed by atoms with Crippen molar-refractivity contribution in [2.75, 3.05) is 5.75 Å². The molecular formula is C16H21FN2OS. The number of hydrogen-bond donors (Lipinski definition) is 2. The number of halogens is 1. The minimum Gasteiger partial charge on any atom is -0.349 e. The lowest BCUT2D eigenvalue weighted by Crippen LogP contribution is -2.34. The van der Waals surface area contributed by atoms with E-state index in [0.717, 1.165) is 41.9 Å². The van der Waals surface area contributed by atoms with Crippen LogP contribution in [0.1, 0.15) is 43.7 Å². The molecule has 1 unspecified atom stereocenters. The first kappa shape index (κ1) is 14.9. The quantitative estimate of drug-likeness (QED) is 0.902. The number of carbonyl (C=O) groups is 1. The van der Waals surface area contributed by atoms with Gasteiger partial charge in [0.1, 0.15) is 5.82 Å². The van der Waals surface area contributed by atoms with Crippen LogP contribution < -0.4 is 11.1 Å². The first-order valence-corrected chi connectivity index (χ1v) is 8.59. The molecule has 1 aliphatic heterocycles. The van der Waals surface area contributed by atoms with Crippen LogP contribution in [0.5, 0.6) is 0 Å². The molecule has 0 spiro atoms. The third-order valence-electron chi connectivity index (χ3n) is 4.51.